The number of ether oxygens (including phenoxy) is 1. The molecule has 1 amide bonds. The molecule has 0 spiro atoms. The van der Waals surface area contributed by atoms with E-state index in [1.54, 1.807) is 19.1 Å². The lowest BCUT2D eigenvalue weighted by Crippen LogP contribution is -2.35. The third-order valence-corrected chi connectivity index (χ3v) is 9.79. The number of hydrogen-bond donors (Lipinski definition) is 2. The third kappa shape index (κ3) is 7.59. The molecule has 0 aliphatic heterocycles. The van der Waals surface area contributed by atoms with E-state index in [9.17, 15) is 22.4 Å². The Hall–Kier alpha value is -3.00. The number of anilines is 1. The summed E-state index contributed by atoms with van der Waals surface area (Å²) in [7, 11) is -3.99. The zero-order valence-electron chi connectivity index (χ0n) is 22.2. The summed E-state index contributed by atoms with van der Waals surface area (Å²) in [5.41, 5.74) is 1.15. The van der Waals surface area contributed by atoms with Crippen LogP contribution in [0.15, 0.2) is 41.3 Å². The van der Waals surface area contributed by atoms with Gasteiger partial charge in [-0.05, 0) is 49.1 Å². The molecular weight excluding hydrogens is 559 g/mol. The summed E-state index contributed by atoms with van der Waals surface area (Å²) in [6.45, 7) is 2.20. The van der Waals surface area contributed by atoms with Gasteiger partial charge in [-0.15, -0.1) is 0 Å². The van der Waals surface area contributed by atoms with Crippen molar-refractivity contribution < 1.29 is 32.2 Å². The van der Waals surface area contributed by atoms with E-state index in [-0.39, 0.29) is 36.9 Å². The van der Waals surface area contributed by atoms with Crippen LogP contribution in [0.5, 0.6) is 0 Å². The molecule has 10 nitrogen and oxygen atoms in total. The minimum atomic E-state index is -3.99. The number of pyridine rings is 1. The van der Waals surface area contributed by atoms with E-state index in [2.05, 4.69) is 15.3 Å². The smallest absolute Gasteiger partial charge is 0.304 e. The topological polar surface area (TPSA) is 139 Å². The standard InChI is InChI=1S/C27H33FN4O6S2/c1-2-38-16-15-32(14-13-24(33)34)40(36,37)20-9-7-19(8-10-20)21(17-18-5-3-4-6-18)25(35)31-27-29-22-11-12-23(28)30-26(22)39-27/h7-12,18,21H,2-6,13-17H2,1H3,(H,33,34)(H,29,31,35)/t21-/m1/s1. The Bertz CT molecular complexity index is 1420. The highest BCUT2D eigenvalue weighted by atomic mass is 32.2. The van der Waals surface area contributed by atoms with Crippen LogP contribution in [0.25, 0.3) is 10.3 Å². The van der Waals surface area contributed by atoms with Crippen molar-refractivity contribution in [2.24, 2.45) is 5.92 Å². The summed E-state index contributed by atoms with van der Waals surface area (Å²) >= 11 is 1.09. The van der Waals surface area contributed by atoms with Crippen molar-refractivity contribution in [2.75, 3.05) is 31.6 Å². The fraction of sp³-hybridized carbons (Fsp3) is 0.481. The number of hydrogen-bond acceptors (Lipinski definition) is 8. The number of sulfonamides is 1. The number of aromatic nitrogens is 2. The van der Waals surface area contributed by atoms with Crippen molar-refractivity contribution in [1.82, 2.24) is 14.3 Å². The number of aliphatic carboxylic acids is 1. The number of carbonyl (C=O) groups is 2. The van der Waals surface area contributed by atoms with Crippen molar-refractivity contribution in [3.63, 3.8) is 0 Å². The molecule has 13 heteroatoms. The van der Waals surface area contributed by atoms with Crippen LogP contribution in [0.4, 0.5) is 9.52 Å². The average Bonchev–Trinajstić information content (AvgIpc) is 3.58. The van der Waals surface area contributed by atoms with Gasteiger partial charge in [0.1, 0.15) is 10.3 Å². The number of carboxylic acids is 1. The number of fused-ring (bicyclic) bond motifs is 1. The number of rotatable bonds is 14. The maximum Gasteiger partial charge on any atom is 0.304 e. The van der Waals surface area contributed by atoms with Crippen LogP contribution < -0.4 is 5.32 Å². The van der Waals surface area contributed by atoms with Gasteiger partial charge in [0.05, 0.1) is 23.8 Å². The maximum absolute atomic E-state index is 13.5. The SMILES string of the molecule is CCOCCN(CCC(=O)O)S(=O)(=O)c1ccc([C@@H](CC2CCCC2)C(=O)Nc2nc3ccc(F)nc3s2)cc1. The first-order chi connectivity index (χ1) is 19.2. The molecule has 216 valence electrons. The van der Waals surface area contributed by atoms with Crippen LogP contribution >= 0.6 is 11.3 Å². The molecule has 0 bridgehead atoms. The lowest BCUT2D eigenvalue weighted by Gasteiger charge is -2.23. The lowest BCUT2D eigenvalue weighted by molar-refractivity contribution is -0.137. The van der Waals surface area contributed by atoms with Crippen molar-refractivity contribution in [2.45, 2.75) is 56.3 Å². The van der Waals surface area contributed by atoms with Crippen LogP contribution in [-0.2, 0) is 24.3 Å². The number of halogens is 1. The van der Waals surface area contributed by atoms with Gasteiger partial charge in [-0.3, -0.25) is 9.59 Å². The van der Waals surface area contributed by atoms with Gasteiger partial charge >= 0.3 is 5.97 Å². The van der Waals surface area contributed by atoms with Gasteiger partial charge in [0, 0.05) is 19.7 Å². The Morgan fingerprint density at radius 2 is 1.88 bits per heavy atom. The second kappa shape index (κ2) is 13.6. The van der Waals surface area contributed by atoms with E-state index < -0.39 is 27.9 Å². The van der Waals surface area contributed by atoms with E-state index >= 15 is 0 Å². The highest BCUT2D eigenvalue weighted by Gasteiger charge is 2.29. The third-order valence-electron chi connectivity index (χ3n) is 7.00. The summed E-state index contributed by atoms with van der Waals surface area (Å²) in [5.74, 6) is -2.17. The van der Waals surface area contributed by atoms with Gasteiger partial charge < -0.3 is 15.2 Å². The minimum Gasteiger partial charge on any atom is -0.481 e. The second-order valence-corrected chi connectivity index (χ2v) is 12.6. The number of benzene rings is 1. The van der Waals surface area contributed by atoms with Crippen LogP contribution in [-0.4, -0.2) is 66.0 Å². The van der Waals surface area contributed by atoms with Crippen molar-refractivity contribution in [3.8, 4) is 0 Å². The summed E-state index contributed by atoms with van der Waals surface area (Å²) < 4.78 is 46.6. The van der Waals surface area contributed by atoms with E-state index in [0.717, 1.165) is 41.3 Å². The molecular formula is C27H33FN4O6S2. The average molecular weight is 593 g/mol. The van der Waals surface area contributed by atoms with Gasteiger partial charge in [-0.25, -0.2) is 18.4 Å². The molecule has 1 aliphatic rings. The predicted molar refractivity (Wildman–Crippen MR) is 149 cm³/mol. The van der Waals surface area contributed by atoms with Gasteiger partial charge in [0.15, 0.2) is 5.13 Å². The first-order valence-corrected chi connectivity index (χ1v) is 15.6. The number of amides is 1. The first kappa shape index (κ1) is 30.0. The molecule has 1 aliphatic carbocycles. The molecule has 4 rings (SSSR count). The van der Waals surface area contributed by atoms with Gasteiger partial charge in [-0.1, -0.05) is 49.2 Å². The molecule has 2 heterocycles. The molecule has 0 unspecified atom stereocenters. The Morgan fingerprint density at radius 1 is 1.15 bits per heavy atom. The Kier molecular flexibility index (Phi) is 10.2. The number of thiazole rings is 1. The van der Waals surface area contributed by atoms with Crippen LogP contribution in [0.1, 0.15) is 56.9 Å². The van der Waals surface area contributed by atoms with E-state index in [4.69, 9.17) is 9.84 Å². The van der Waals surface area contributed by atoms with E-state index in [1.165, 1.54) is 24.3 Å². The summed E-state index contributed by atoms with van der Waals surface area (Å²) in [4.78, 5) is 33.2. The van der Waals surface area contributed by atoms with Crippen LogP contribution in [0, 0.1) is 11.9 Å². The van der Waals surface area contributed by atoms with Crippen LogP contribution in [0.2, 0.25) is 0 Å². The molecule has 1 atom stereocenters. The summed E-state index contributed by atoms with van der Waals surface area (Å²) in [6.07, 6.45) is 4.55. The quantitative estimate of drug-likeness (QED) is 0.204. The zero-order chi connectivity index (χ0) is 28.7. The number of nitrogens with one attached hydrogen (secondary N) is 1. The maximum atomic E-state index is 13.5. The lowest BCUT2D eigenvalue weighted by atomic mass is 9.87. The highest BCUT2D eigenvalue weighted by molar-refractivity contribution is 7.89. The molecule has 0 radical (unpaired) electrons. The molecule has 0 saturated heterocycles. The second-order valence-electron chi connectivity index (χ2n) is 9.72. The monoisotopic (exact) mass is 592 g/mol. The molecule has 1 aromatic carbocycles. The Balaban J connectivity index is 1.56. The molecule has 1 fully saturated rings. The van der Waals surface area contributed by atoms with E-state index in [0.29, 0.717) is 40.0 Å². The number of nitrogens with zero attached hydrogens (tertiary/aromatic N) is 3. The Labute approximate surface area is 236 Å². The predicted octanol–water partition coefficient (Wildman–Crippen LogP) is 4.63. The normalized spacial score (nSPS) is 15.1. The zero-order valence-corrected chi connectivity index (χ0v) is 23.8. The summed E-state index contributed by atoms with van der Waals surface area (Å²) in [6, 6.07) is 8.91. The first-order valence-electron chi connectivity index (χ1n) is 13.3. The molecule has 1 saturated carbocycles. The highest BCUT2D eigenvalue weighted by Crippen LogP contribution is 2.36. The largest absolute Gasteiger partial charge is 0.481 e. The van der Waals surface area contributed by atoms with Crippen LogP contribution in [0.3, 0.4) is 0 Å². The molecule has 40 heavy (non-hydrogen) atoms. The van der Waals surface area contributed by atoms with Crippen molar-refractivity contribution >= 4 is 48.7 Å². The molecule has 2 aromatic heterocycles. The molecule has 3 aromatic rings. The van der Waals surface area contributed by atoms with Gasteiger partial charge in [0.2, 0.25) is 21.9 Å². The molecule has 2 N–H and O–H groups in total. The minimum absolute atomic E-state index is 0.0115. The van der Waals surface area contributed by atoms with Gasteiger partial charge in [-0.2, -0.15) is 8.70 Å². The van der Waals surface area contributed by atoms with E-state index in [1.807, 2.05) is 0 Å². The Morgan fingerprint density at radius 3 is 2.55 bits per heavy atom. The number of carbonyl (C=O) groups excluding carboxylic acids is 1. The van der Waals surface area contributed by atoms with Gasteiger partial charge in [0.25, 0.3) is 0 Å². The number of carboxylic acid groups (broad SMARTS) is 1. The fourth-order valence-electron chi connectivity index (χ4n) is 4.92. The fourth-order valence-corrected chi connectivity index (χ4v) is 7.17. The van der Waals surface area contributed by atoms with Crippen molar-refractivity contribution in [1.29, 1.82) is 0 Å². The van der Waals surface area contributed by atoms with Crippen molar-refractivity contribution in [3.05, 3.63) is 47.9 Å². The summed E-state index contributed by atoms with van der Waals surface area (Å²) in [5, 5.41) is 12.3.